The summed E-state index contributed by atoms with van der Waals surface area (Å²) in [4.78, 5) is 2.35. The molecule has 3 heteroatoms. The van der Waals surface area contributed by atoms with Gasteiger partial charge in [0.15, 0.2) is 0 Å². The van der Waals surface area contributed by atoms with Gasteiger partial charge in [0.1, 0.15) is 0 Å². The predicted molar refractivity (Wildman–Crippen MR) is 78.6 cm³/mol. The highest BCUT2D eigenvalue weighted by atomic mass is 16.5. The average Bonchev–Trinajstić information content (AvgIpc) is 2.46. The summed E-state index contributed by atoms with van der Waals surface area (Å²) >= 11 is 0. The molecular weight excluding hydrogens is 238 g/mol. The lowest BCUT2D eigenvalue weighted by atomic mass is 9.93. The fourth-order valence-corrected chi connectivity index (χ4v) is 2.86. The number of hydrogen-bond acceptors (Lipinski definition) is 3. The zero-order chi connectivity index (χ0) is 13.9. The number of hydrogen-bond donors (Lipinski definition) is 1. The highest BCUT2D eigenvalue weighted by Gasteiger charge is 2.31. The maximum absolute atomic E-state index is 10.2. The number of aliphatic hydroxyl groups is 1. The molecule has 2 atom stereocenters. The van der Waals surface area contributed by atoms with Gasteiger partial charge < -0.3 is 14.7 Å². The van der Waals surface area contributed by atoms with Crippen LogP contribution < -0.4 is 4.90 Å². The Kier molecular flexibility index (Phi) is 4.48. The molecule has 1 fully saturated rings. The Morgan fingerprint density at radius 1 is 1.42 bits per heavy atom. The first-order valence-electron chi connectivity index (χ1n) is 7.17. The van der Waals surface area contributed by atoms with Crippen LogP contribution >= 0.6 is 0 Å². The molecule has 1 aliphatic rings. The van der Waals surface area contributed by atoms with Gasteiger partial charge in [-0.25, -0.2) is 0 Å². The number of piperidine rings is 1. The van der Waals surface area contributed by atoms with Gasteiger partial charge in [-0.15, -0.1) is 0 Å². The van der Waals surface area contributed by atoms with Crippen LogP contribution in [0.5, 0.6) is 0 Å². The molecule has 0 radical (unpaired) electrons. The van der Waals surface area contributed by atoms with Crippen LogP contribution in [0.15, 0.2) is 24.3 Å². The second kappa shape index (κ2) is 5.93. The standard InChI is InChI=1S/C16H25NO2/c1-4-15(18)13-8-5-6-9-14(13)17-11-7-10-16(2,12-17)19-3/h5-6,8-9,15,18H,4,7,10-12H2,1-3H3/t15-,16?/m1/s1. The van der Waals surface area contributed by atoms with E-state index < -0.39 is 0 Å². The Morgan fingerprint density at radius 3 is 2.84 bits per heavy atom. The Balaban J connectivity index is 2.26. The van der Waals surface area contributed by atoms with Crippen molar-refractivity contribution in [1.29, 1.82) is 0 Å². The molecule has 0 saturated carbocycles. The van der Waals surface area contributed by atoms with E-state index in [0.29, 0.717) is 0 Å². The van der Waals surface area contributed by atoms with Crippen molar-refractivity contribution in [3.63, 3.8) is 0 Å². The van der Waals surface area contributed by atoms with Gasteiger partial charge in [0.05, 0.1) is 11.7 Å². The predicted octanol–water partition coefficient (Wildman–Crippen LogP) is 3.14. The summed E-state index contributed by atoms with van der Waals surface area (Å²) in [5.41, 5.74) is 2.10. The number of aliphatic hydroxyl groups excluding tert-OH is 1. The van der Waals surface area contributed by atoms with E-state index in [1.165, 1.54) is 0 Å². The van der Waals surface area contributed by atoms with E-state index in [0.717, 1.165) is 43.6 Å². The minimum absolute atomic E-state index is 0.0808. The monoisotopic (exact) mass is 263 g/mol. The second-order valence-electron chi connectivity index (χ2n) is 5.66. The van der Waals surface area contributed by atoms with Crippen molar-refractivity contribution in [3.8, 4) is 0 Å². The maximum atomic E-state index is 10.2. The van der Waals surface area contributed by atoms with Gasteiger partial charge in [-0.2, -0.15) is 0 Å². The Labute approximate surface area is 116 Å². The fraction of sp³-hybridized carbons (Fsp3) is 0.625. The van der Waals surface area contributed by atoms with Crippen molar-refractivity contribution in [1.82, 2.24) is 0 Å². The minimum Gasteiger partial charge on any atom is -0.388 e. The number of rotatable bonds is 4. The Morgan fingerprint density at radius 2 is 2.16 bits per heavy atom. The quantitative estimate of drug-likeness (QED) is 0.906. The number of para-hydroxylation sites is 1. The third-order valence-electron chi connectivity index (χ3n) is 4.17. The maximum Gasteiger partial charge on any atom is 0.0825 e. The van der Waals surface area contributed by atoms with Crippen molar-refractivity contribution < 1.29 is 9.84 Å². The van der Waals surface area contributed by atoms with E-state index in [2.05, 4.69) is 17.9 Å². The van der Waals surface area contributed by atoms with E-state index in [4.69, 9.17) is 4.74 Å². The summed E-state index contributed by atoms with van der Waals surface area (Å²) in [5, 5.41) is 10.2. The first-order valence-corrected chi connectivity index (χ1v) is 7.17. The van der Waals surface area contributed by atoms with Gasteiger partial charge in [-0.3, -0.25) is 0 Å². The fourth-order valence-electron chi connectivity index (χ4n) is 2.86. The van der Waals surface area contributed by atoms with Crippen molar-refractivity contribution >= 4 is 5.69 Å². The lowest BCUT2D eigenvalue weighted by molar-refractivity contribution is -0.00477. The summed E-state index contributed by atoms with van der Waals surface area (Å²) in [6.45, 7) is 6.10. The molecule has 19 heavy (non-hydrogen) atoms. The molecule has 1 unspecified atom stereocenters. The van der Waals surface area contributed by atoms with Crippen LogP contribution in [0.2, 0.25) is 0 Å². The molecule has 1 heterocycles. The SMILES string of the molecule is CC[C@@H](O)c1ccccc1N1CCCC(C)(OC)C1. The number of ether oxygens (including phenoxy) is 1. The lowest BCUT2D eigenvalue weighted by Crippen LogP contribution is -2.47. The third kappa shape index (κ3) is 3.10. The van der Waals surface area contributed by atoms with Crippen molar-refractivity contribution in [2.24, 2.45) is 0 Å². The van der Waals surface area contributed by atoms with E-state index in [1.54, 1.807) is 7.11 Å². The second-order valence-corrected chi connectivity index (χ2v) is 5.66. The summed E-state index contributed by atoms with van der Waals surface area (Å²) < 4.78 is 5.65. The summed E-state index contributed by atoms with van der Waals surface area (Å²) in [6.07, 6.45) is 2.58. The first-order chi connectivity index (χ1) is 9.09. The molecule has 0 spiro atoms. The van der Waals surface area contributed by atoms with Crippen LogP contribution in [0.1, 0.15) is 44.8 Å². The normalized spacial score (nSPS) is 25.4. The summed E-state index contributed by atoms with van der Waals surface area (Å²) in [6, 6.07) is 8.18. The van der Waals surface area contributed by atoms with Gasteiger partial charge >= 0.3 is 0 Å². The number of methoxy groups -OCH3 is 1. The smallest absolute Gasteiger partial charge is 0.0825 e. The van der Waals surface area contributed by atoms with Crippen LogP contribution in [0, 0.1) is 0 Å². The van der Waals surface area contributed by atoms with Crippen LogP contribution in [0.25, 0.3) is 0 Å². The molecule has 1 N–H and O–H groups in total. The largest absolute Gasteiger partial charge is 0.388 e. The topological polar surface area (TPSA) is 32.7 Å². The Bertz CT molecular complexity index is 421. The zero-order valence-corrected chi connectivity index (χ0v) is 12.2. The molecule has 1 saturated heterocycles. The first kappa shape index (κ1) is 14.4. The van der Waals surface area contributed by atoms with Gasteiger partial charge in [-0.1, -0.05) is 25.1 Å². The lowest BCUT2D eigenvalue weighted by Gasteiger charge is -2.41. The number of anilines is 1. The Hall–Kier alpha value is -1.06. The molecule has 0 amide bonds. The van der Waals surface area contributed by atoms with E-state index in [9.17, 15) is 5.11 Å². The van der Waals surface area contributed by atoms with Crippen molar-refractivity contribution in [3.05, 3.63) is 29.8 Å². The van der Waals surface area contributed by atoms with Gasteiger partial charge in [-0.05, 0) is 32.3 Å². The minimum atomic E-state index is -0.382. The highest BCUT2D eigenvalue weighted by Crippen LogP contribution is 2.33. The van der Waals surface area contributed by atoms with Gasteiger partial charge in [0, 0.05) is 31.5 Å². The molecule has 0 aromatic heterocycles. The molecule has 2 rings (SSSR count). The molecule has 0 aliphatic carbocycles. The highest BCUT2D eigenvalue weighted by molar-refractivity contribution is 5.55. The van der Waals surface area contributed by atoms with Crippen molar-refractivity contribution in [2.75, 3.05) is 25.1 Å². The van der Waals surface area contributed by atoms with Crippen LogP contribution in [-0.2, 0) is 4.74 Å². The van der Waals surface area contributed by atoms with E-state index >= 15 is 0 Å². The number of nitrogens with zero attached hydrogens (tertiary/aromatic N) is 1. The van der Waals surface area contributed by atoms with Gasteiger partial charge in [0.2, 0.25) is 0 Å². The number of benzene rings is 1. The average molecular weight is 263 g/mol. The summed E-state index contributed by atoms with van der Waals surface area (Å²) in [7, 11) is 1.79. The van der Waals surface area contributed by atoms with E-state index in [-0.39, 0.29) is 11.7 Å². The van der Waals surface area contributed by atoms with Crippen LogP contribution in [-0.4, -0.2) is 30.9 Å². The third-order valence-corrected chi connectivity index (χ3v) is 4.17. The summed E-state index contributed by atoms with van der Waals surface area (Å²) in [5.74, 6) is 0. The molecule has 0 bridgehead atoms. The molecule has 1 aromatic carbocycles. The van der Waals surface area contributed by atoms with E-state index in [1.807, 2.05) is 25.1 Å². The zero-order valence-electron chi connectivity index (χ0n) is 12.2. The molecule has 1 aromatic rings. The molecular formula is C16H25NO2. The molecule has 106 valence electrons. The molecule has 1 aliphatic heterocycles. The van der Waals surface area contributed by atoms with Gasteiger partial charge in [0.25, 0.3) is 0 Å². The van der Waals surface area contributed by atoms with Crippen molar-refractivity contribution in [2.45, 2.75) is 44.8 Å². The van der Waals surface area contributed by atoms with Crippen LogP contribution in [0.4, 0.5) is 5.69 Å². The molecule has 3 nitrogen and oxygen atoms in total. The van der Waals surface area contributed by atoms with Crippen LogP contribution in [0.3, 0.4) is 0 Å².